The highest BCUT2D eigenvalue weighted by Crippen LogP contribution is 2.10. The lowest BCUT2D eigenvalue weighted by Gasteiger charge is -2.28. The minimum Gasteiger partial charge on any atom is -0.468 e. The first-order chi connectivity index (χ1) is 8.40. The van der Waals surface area contributed by atoms with Crippen molar-refractivity contribution in [2.45, 2.75) is 26.0 Å². The fourth-order valence-electron chi connectivity index (χ4n) is 1.80. The van der Waals surface area contributed by atoms with E-state index in [1.807, 2.05) is 35.2 Å². The topological polar surface area (TPSA) is 49.8 Å². The van der Waals surface area contributed by atoms with Crippen LogP contribution < -0.4 is 0 Å². The standard InChI is InChI=1S/C14H21NO3/c1-14(2,17)11-15(10-13(16)18-3)9-12-7-5-4-6-8-12/h4-8,17H,9-11H2,1-3H3. The van der Waals surface area contributed by atoms with Crippen molar-refractivity contribution >= 4 is 5.97 Å². The van der Waals surface area contributed by atoms with Crippen molar-refractivity contribution < 1.29 is 14.6 Å². The van der Waals surface area contributed by atoms with Gasteiger partial charge < -0.3 is 9.84 Å². The monoisotopic (exact) mass is 251 g/mol. The molecule has 18 heavy (non-hydrogen) atoms. The Morgan fingerprint density at radius 1 is 1.33 bits per heavy atom. The van der Waals surface area contributed by atoms with Crippen LogP contribution in [0.5, 0.6) is 0 Å². The average Bonchev–Trinajstić information content (AvgIpc) is 2.27. The van der Waals surface area contributed by atoms with E-state index in [0.29, 0.717) is 13.1 Å². The molecule has 0 saturated heterocycles. The van der Waals surface area contributed by atoms with Crippen molar-refractivity contribution in [1.29, 1.82) is 0 Å². The van der Waals surface area contributed by atoms with Crippen molar-refractivity contribution in [2.75, 3.05) is 20.2 Å². The highest BCUT2D eigenvalue weighted by molar-refractivity contribution is 5.71. The second-order valence-corrected chi connectivity index (χ2v) is 5.02. The summed E-state index contributed by atoms with van der Waals surface area (Å²) in [5, 5.41) is 9.86. The van der Waals surface area contributed by atoms with Crippen LogP contribution in [0.4, 0.5) is 0 Å². The molecule has 100 valence electrons. The Labute approximate surface area is 108 Å². The van der Waals surface area contributed by atoms with Gasteiger partial charge in [0.05, 0.1) is 19.3 Å². The number of rotatable bonds is 6. The highest BCUT2D eigenvalue weighted by atomic mass is 16.5. The van der Waals surface area contributed by atoms with Crippen LogP contribution in [-0.4, -0.2) is 41.8 Å². The number of methoxy groups -OCH3 is 1. The quantitative estimate of drug-likeness (QED) is 0.777. The van der Waals surface area contributed by atoms with Crippen molar-refractivity contribution in [3.63, 3.8) is 0 Å². The van der Waals surface area contributed by atoms with Gasteiger partial charge in [0.2, 0.25) is 0 Å². The molecule has 1 aromatic rings. The molecule has 0 unspecified atom stereocenters. The molecule has 0 aliphatic rings. The van der Waals surface area contributed by atoms with E-state index in [-0.39, 0.29) is 12.5 Å². The number of benzene rings is 1. The molecule has 0 aliphatic carbocycles. The molecule has 1 rings (SSSR count). The van der Waals surface area contributed by atoms with Gasteiger partial charge in [-0.15, -0.1) is 0 Å². The van der Waals surface area contributed by atoms with Crippen molar-refractivity contribution in [2.24, 2.45) is 0 Å². The van der Waals surface area contributed by atoms with E-state index in [4.69, 9.17) is 0 Å². The molecule has 0 bridgehead atoms. The maximum atomic E-state index is 11.4. The molecule has 4 heteroatoms. The van der Waals surface area contributed by atoms with Gasteiger partial charge in [-0.1, -0.05) is 30.3 Å². The molecular weight excluding hydrogens is 230 g/mol. The number of hydrogen-bond acceptors (Lipinski definition) is 4. The van der Waals surface area contributed by atoms with Gasteiger partial charge in [-0.05, 0) is 19.4 Å². The SMILES string of the molecule is COC(=O)CN(Cc1ccccc1)CC(C)(C)O. The number of nitrogens with zero attached hydrogens (tertiary/aromatic N) is 1. The molecule has 0 atom stereocenters. The normalized spacial score (nSPS) is 11.6. The largest absolute Gasteiger partial charge is 0.468 e. The van der Waals surface area contributed by atoms with Crippen LogP contribution in [0, 0.1) is 0 Å². The summed E-state index contributed by atoms with van der Waals surface area (Å²) < 4.78 is 4.67. The van der Waals surface area contributed by atoms with Crippen LogP contribution in [0.25, 0.3) is 0 Å². The Bertz CT molecular complexity index is 370. The number of carbonyl (C=O) groups is 1. The zero-order valence-corrected chi connectivity index (χ0v) is 11.2. The number of aliphatic hydroxyl groups is 1. The third-order valence-corrected chi connectivity index (χ3v) is 2.44. The number of ether oxygens (including phenoxy) is 1. The van der Waals surface area contributed by atoms with Crippen LogP contribution in [0.1, 0.15) is 19.4 Å². The number of carbonyl (C=O) groups excluding carboxylic acids is 1. The Morgan fingerprint density at radius 3 is 2.44 bits per heavy atom. The molecule has 0 heterocycles. The predicted molar refractivity (Wildman–Crippen MR) is 70.0 cm³/mol. The fraction of sp³-hybridized carbons (Fsp3) is 0.500. The summed E-state index contributed by atoms with van der Waals surface area (Å²) in [5.74, 6) is -0.296. The maximum Gasteiger partial charge on any atom is 0.319 e. The Balaban J connectivity index is 2.68. The van der Waals surface area contributed by atoms with Crippen LogP contribution >= 0.6 is 0 Å². The fourth-order valence-corrected chi connectivity index (χ4v) is 1.80. The van der Waals surface area contributed by atoms with E-state index in [9.17, 15) is 9.90 Å². The van der Waals surface area contributed by atoms with Gasteiger partial charge in [0.15, 0.2) is 0 Å². The second-order valence-electron chi connectivity index (χ2n) is 5.02. The van der Waals surface area contributed by atoms with E-state index < -0.39 is 5.60 Å². The average molecular weight is 251 g/mol. The van der Waals surface area contributed by atoms with E-state index in [1.54, 1.807) is 13.8 Å². The van der Waals surface area contributed by atoms with Crippen molar-refractivity contribution in [1.82, 2.24) is 4.90 Å². The molecular formula is C14H21NO3. The van der Waals surface area contributed by atoms with Crippen molar-refractivity contribution in [3.8, 4) is 0 Å². The summed E-state index contributed by atoms with van der Waals surface area (Å²) >= 11 is 0. The van der Waals surface area contributed by atoms with Crippen LogP contribution in [0.15, 0.2) is 30.3 Å². The van der Waals surface area contributed by atoms with E-state index in [2.05, 4.69) is 4.74 Å². The van der Waals surface area contributed by atoms with Crippen molar-refractivity contribution in [3.05, 3.63) is 35.9 Å². The van der Waals surface area contributed by atoms with Gasteiger partial charge in [-0.3, -0.25) is 9.69 Å². The zero-order chi connectivity index (χ0) is 13.6. The highest BCUT2D eigenvalue weighted by Gasteiger charge is 2.20. The van der Waals surface area contributed by atoms with Gasteiger partial charge in [0, 0.05) is 13.1 Å². The summed E-state index contributed by atoms with van der Waals surface area (Å²) in [6, 6.07) is 9.85. The minimum absolute atomic E-state index is 0.176. The molecule has 1 N–H and O–H groups in total. The van der Waals surface area contributed by atoms with E-state index >= 15 is 0 Å². The Hall–Kier alpha value is -1.39. The van der Waals surface area contributed by atoms with Gasteiger partial charge in [-0.2, -0.15) is 0 Å². The lowest BCUT2D eigenvalue weighted by atomic mass is 10.1. The first-order valence-corrected chi connectivity index (χ1v) is 5.96. The lowest BCUT2D eigenvalue weighted by molar-refractivity contribution is -0.142. The molecule has 0 radical (unpaired) electrons. The van der Waals surface area contributed by atoms with Crippen LogP contribution in [0.3, 0.4) is 0 Å². The summed E-state index contributed by atoms with van der Waals surface area (Å²) in [7, 11) is 1.37. The summed E-state index contributed by atoms with van der Waals surface area (Å²) in [6.07, 6.45) is 0. The molecule has 0 saturated carbocycles. The Morgan fingerprint density at radius 2 is 1.94 bits per heavy atom. The molecule has 0 fully saturated rings. The van der Waals surface area contributed by atoms with E-state index in [1.165, 1.54) is 7.11 Å². The molecule has 0 aliphatic heterocycles. The summed E-state index contributed by atoms with van der Waals surface area (Å²) in [4.78, 5) is 13.2. The zero-order valence-electron chi connectivity index (χ0n) is 11.2. The summed E-state index contributed by atoms with van der Waals surface area (Å²) in [5.41, 5.74) is 0.258. The molecule has 0 spiro atoms. The second kappa shape index (κ2) is 6.52. The van der Waals surface area contributed by atoms with Gasteiger partial charge in [0.1, 0.15) is 0 Å². The predicted octanol–water partition coefficient (Wildman–Crippen LogP) is 1.43. The molecule has 0 aromatic heterocycles. The maximum absolute atomic E-state index is 11.4. The minimum atomic E-state index is -0.844. The van der Waals surface area contributed by atoms with Gasteiger partial charge >= 0.3 is 5.97 Å². The Kier molecular flexibility index (Phi) is 5.31. The smallest absolute Gasteiger partial charge is 0.319 e. The van der Waals surface area contributed by atoms with E-state index in [0.717, 1.165) is 5.56 Å². The van der Waals surface area contributed by atoms with Crippen LogP contribution in [-0.2, 0) is 16.1 Å². The first kappa shape index (κ1) is 14.7. The molecule has 0 amide bonds. The third kappa shape index (κ3) is 5.80. The molecule has 4 nitrogen and oxygen atoms in total. The summed E-state index contributed by atoms with van der Waals surface area (Å²) in [6.45, 7) is 4.65. The molecule has 1 aromatic carbocycles. The number of esters is 1. The van der Waals surface area contributed by atoms with Crippen LogP contribution in [0.2, 0.25) is 0 Å². The van der Waals surface area contributed by atoms with Gasteiger partial charge in [0.25, 0.3) is 0 Å². The lowest BCUT2D eigenvalue weighted by Crippen LogP contribution is -2.41. The third-order valence-electron chi connectivity index (χ3n) is 2.44. The number of hydrogen-bond donors (Lipinski definition) is 1. The first-order valence-electron chi connectivity index (χ1n) is 5.96. The van der Waals surface area contributed by atoms with Gasteiger partial charge in [-0.25, -0.2) is 0 Å².